The molecule has 1 heterocycles. The van der Waals surface area contributed by atoms with E-state index < -0.39 is 0 Å². The fourth-order valence-corrected chi connectivity index (χ4v) is 2.85. The van der Waals surface area contributed by atoms with Gasteiger partial charge < -0.3 is 0 Å². The molecule has 100 valence electrons. The lowest BCUT2D eigenvalue weighted by Crippen LogP contribution is -2.19. The van der Waals surface area contributed by atoms with Crippen molar-refractivity contribution in [2.75, 3.05) is 0 Å². The van der Waals surface area contributed by atoms with Gasteiger partial charge in [-0.2, -0.15) is 0 Å². The molecule has 3 rings (SSSR count). The summed E-state index contributed by atoms with van der Waals surface area (Å²) in [5.41, 5.74) is 1.33. The van der Waals surface area contributed by atoms with Gasteiger partial charge in [0, 0.05) is 17.4 Å². The molecule has 2 unspecified atom stereocenters. The molecule has 2 aromatic rings. The minimum atomic E-state index is -0.0377. The maximum atomic E-state index is 6.23. The third kappa shape index (κ3) is 2.27. The van der Waals surface area contributed by atoms with E-state index in [1.165, 1.54) is 5.56 Å². The minimum absolute atomic E-state index is 0.0377. The standard InChI is InChI=1S/C15H18ClN3/c1-15(2,3)13-17-18-14(16)19(13)12-9-11(12)10-7-5-4-6-8-10/h4-8,11-12H,9H2,1-3H3. The molecule has 1 aromatic carbocycles. The zero-order chi connectivity index (χ0) is 13.6. The van der Waals surface area contributed by atoms with Crippen molar-refractivity contribution in [3.8, 4) is 0 Å². The van der Waals surface area contributed by atoms with Crippen molar-refractivity contribution in [1.82, 2.24) is 14.8 Å². The van der Waals surface area contributed by atoms with E-state index >= 15 is 0 Å². The van der Waals surface area contributed by atoms with E-state index in [1.807, 2.05) is 6.07 Å². The van der Waals surface area contributed by atoms with Crippen LogP contribution in [0, 0.1) is 0 Å². The Morgan fingerprint density at radius 3 is 2.47 bits per heavy atom. The van der Waals surface area contributed by atoms with Crippen LogP contribution in [0.15, 0.2) is 30.3 Å². The Bertz CT molecular complexity index is 583. The molecule has 0 amide bonds. The van der Waals surface area contributed by atoms with Crippen molar-refractivity contribution in [2.24, 2.45) is 0 Å². The molecule has 0 spiro atoms. The van der Waals surface area contributed by atoms with E-state index in [1.54, 1.807) is 0 Å². The van der Waals surface area contributed by atoms with E-state index in [2.05, 4.69) is 59.8 Å². The molecule has 1 aromatic heterocycles. The van der Waals surface area contributed by atoms with Crippen LogP contribution in [0.2, 0.25) is 5.28 Å². The summed E-state index contributed by atoms with van der Waals surface area (Å²) in [6.07, 6.45) is 1.12. The van der Waals surface area contributed by atoms with Crippen LogP contribution in [0.3, 0.4) is 0 Å². The number of aromatic nitrogens is 3. The van der Waals surface area contributed by atoms with Crippen LogP contribution < -0.4 is 0 Å². The first-order valence-corrected chi connectivity index (χ1v) is 7.02. The highest BCUT2D eigenvalue weighted by Gasteiger charge is 2.43. The first kappa shape index (κ1) is 12.7. The maximum Gasteiger partial charge on any atom is 0.225 e. The van der Waals surface area contributed by atoms with Crippen LogP contribution in [-0.4, -0.2) is 14.8 Å². The molecular formula is C15H18ClN3. The molecule has 19 heavy (non-hydrogen) atoms. The normalized spacial score (nSPS) is 22.5. The number of hydrogen-bond acceptors (Lipinski definition) is 2. The van der Waals surface area contributed by atoms with Gasteiger partial charge in [0.2, 0.25) is 5.28 Å². The molecule has 1 aliphatic carbocycles. The lowest BCUT2D eigenvalue weighted by Gasteiger charge is -2.19. The third-order valence-electron chi connectivity index (χ3n) is 3.64. The number of nitrogens with zero attached hydrogens (tertiary/aromatic N) is 3. The lowest BCUT2D eigenvalue weighted by atomic mass is 9.95. The van der Waals surface area contributed by atoms with Gasteiger partial charge in [-0.25, -0.2) is 0 Å². The molecule has 0 bridgehead atoms. The van der Waals surface area contributed by atoms with Crippen molar-refractivity contribution < 1.29 is 0 Å². The van der Waals surface area contributed by atoms with Crippen LogP contribution in [0.25, 0.3) is 0 Å². The van der Waals surface area contributed by atoms with Crippen molar-refractivity contribution >= 4 is 11.6 Å². The first-order chi connectivity index (χ1) is 8.98. The van der Waals surface area contributed by atoms with Crippen LogP contribution in [0.1, 0.15) is 50.5 Å². The average molecular weight is 276 g/mol. The van der Waals surface area contributed by atoms with Crippen LogP contribution in [0.5, 0.6) is 0 Å². The topological polar surface area (TPSA) is 30.7 Å². The quantitative estimate of drug-likeness (QED) is 0.831. The maximum absolute atomic E-state index is 6.23. The van der Waals surface area contributed by atoms with Gasteiger partial charge in [-0.15, -0.1) is 10.2 Å². The van der Waals surface area contributed by atoms with Gasteiger partial charge in [-0.3, -0.25) is 4.57 Å². The molecule has 0 aliphatic heterocycles. The van der Waals surface area contributed by atoms with Gasteiger partial charge in [0.25, 0.3) is 0 Å². The number of hydrogen-bond donors (Lipinski definition) is 0. The Kier molecular flexibility index (Phi) is 2.90. The number of benzene rings is 1. The summed E-state index contributed by atoms with van der Waals surface area (Å²) in [6.45, 7) is 6.43. The van der Waals surface area contributed by atoms with Crippen molar-refractivity contribution in [3.05, 3.63) is 47.0 Å². The molecule has 0 N–H and O–H groups in total. The predicted octanol–water partition coefficient (Wildman–Crippen LogP) is 3.96. The molecule has 2 atom stereocenters. The number of rotatable bonds is 2. The van der Waals surface area contributed by atoms with E-state index in [-0.39, 0.29) is 5.41 Å². The summed E-state index contributed by atoms with van der Waals surface area (Å²) in [5, 5.41) is 8.82. The molecule has 1 saturated carbocycles. The van der Waals surface area contributed by atoms with Crippen LogP contribution in [-0.2, 0) is 5.41 Å². The van der Waals surface area contributed by atoms with E-state index in [0.29, 0.717) is 17.2 Å². The second kappa shape index (κ2) is 4.34. The largest absolute Gasteiger partial charge is 0.298 e. The summed E-state index contributed by atoms with van der Waals surface area (Å²) in [7, 11) is 0. The van der Waals surface area contributed by atoms with Gasteiger partial charge >= 0.3 is 0 Å². The predicted molar refractivity (Wildman–Crippen MR) is 76.6 cm³/mol. The second-order valence-electron chi connectivity index (χ2n) is 6.23. The average Bonchev–Trinajstić information content (AvgIpc) is 3.05. The summed E-state index contributed by atoms with van der Waals surface area (Å²) in [6, 6.07) is 11.0. The highest BCUT2D eigenvalue weighted by atomic mass is 35.5. The highest BCUT2D eigenvalue weighted by Crippen LogP contribution is 2.53. The summed E-state index contributed by atoms with van der Waals surface area (Å²) in [4.78, 5) is 0. The number of halogens is 1. The van der Waals surface area contributed by atoms with Gasteiger partial charge in [-0.1, -0.05) is 51.1 Å². The molecule has 1 aliphatic rings. The Labute approximate surface area is 118 Å². The highest BCUT2D eigenvalue weighted by molar-refractivity contribution is 6.28. The van der Waals surface area contributed by atoms with Gasteiger partial charge in [0.15, 0.2) is 0 Å². The molecule has 3 nitrogen and oxygen atoms in total. The smallest absolute Gasteiger partial charge is 0.225 e. The summed E-state index contributed by atoms with van der Waals surface area (Å²) < 4.78 is 2.11. The van der Waals surface area contributed by atoms with Crippen molar-refractivity contribution in [2.45, 2.75) is 44.6 Å². The Hall–Kier alpha value is -1.35. The molecule has 0 radical (unpaired) electrons. The first-order valence-electron chi connectivity index (χ1n) is 6.64. The van der Waals surface area contributed by atoms with E-state index in [4.69, 9.17) is 11.6 Å². The SMILES string of the molecule is CC(C)(C)c1nnc(Cl)n1C1CC1c1ccccc1. The van der Waals surface area contributed by atoms with Crippen LogP contribution in [0.4, 0.5) is 0 Å². The van der Waals surface area contributed by atoms with Crippen molar-refractivity contribution in [1.29, 1.82) is 0 Å². The molecule has 1 fully saturated rings. The van der Waals surface area contributed by atoms with Gasteiger partial charge in [-0.05, 0) is 23.6 Å². The van der Waals surface area contributed by atoms with Crippen molar-refractivity contribution in [3.63, 3.8) is 0 Å². The summed E-state index contributed by atoms with van der Waals surface area (Å²) >= 11 is 6.23. The van der Waals surface area contributed by atoms with Crippen LogP contribution >= 0.6 is 11.6 Å². The fourth-order valence-electron chi connectivity index (χ4n) is 2.60. The molecule has 0 saturated heterocycles. The van der Waals surface area contributed by atoms with E-state index in [0.717, 1.165) is 12.2 Å². The van der Waals surface area contributed by atoms with Gasteiger partial charge in [0.1, 0.15) is 5.82 Å². The Balaban J connectivity index is 1.92. The second-order valence-corrected chi connectivity index (χ2v) is 6.57. The van der Waals surface area contributed by atoms with E-state index in [9.17, 15) is 0 Å². The Morgan fingerprint density at radius 2 is 1.84 bits per heavy atom. The Morgan fingerprint density at radius 1 is 1.16 bits per heavy atom. The lowest BCUT2D eigenvalue weighted by molar-refractivity contribution is 0.498. The molecule has 4 heteroatoms. The minimum Gasteiger partial charge on any atom is -0.298 e. The fraction of sp³-hybridized carbons (Fsp3) is 0.467. The third-order valence-corrected chi connectivity index (χ3v) is 3.90. The monoisotopic (exact) mass is 275 g/mol. The van der Waals surface area contributed by atoms with Gasteiger partial charge in [0.05, 0.1) is 0 Å². The summed E-state index contributed by atoms with van der Waals surface area (Å²) in [5.74, 6) is 1.51. The zero-order valence-corrected chi connectivity index (χ0v) is 12.2. The molecular weight excluding hydrogens is 258 g/mol. The zero-order valence-electron chi connectivity index (χ0n) is 11.5.